The van der Waals surface area contributed by atoms with Crippen molar-refractivity contribution < 1.29 is 19.0 Å². The molecule has 0 heterocycles. The van der Waals surface area contributed by atoms with Gasteiger partial charge in [0, 0.05) is 18.7 Å². The summed E-state index contributed by atoms with van der Waals surface area (Å²) in [5, 5.41) is 2.96. The van der Waals surface area contributed by atoms with Gasteiger partial charge < -0.3 is 19.5 Å². The van der Waals surface area contributed by atoms with Crippen LogP contribution in [-0.2, 0) is 20.9 Å². The first-order valence-corrected chi connectivity index (χ1v) is 10.3. The number of ether oxygens (including phenoxy) is 3. The van der Waals surface area contributed by atoms with Gasteiger partial charge in [0.05, 0.1) is 26.4 Å². The van der Waals surface area contributed by atoms with E-state index in [1.165, 1.54) is 5.56 Å². The minimum absolute atomic E-state index is 0.0196. The predicted molar refractivity (Wildman–Crippen MR) is 116 cm³/mol. The molecule has 0 unspecified atom stereocenters. The highest BCUT2D eigenvalue weighted by molar-refractivity contribution is 5.90. The third-order valence-corrected chi connectivity index (χ3v) is 4.45. The molecule has 0 radical (unpaired) electrons. The van der Waals surface area contributed by atoms with Crippen LogP contribution in [-0.4, -0.2) is 32.3 Å². The molecular formula is C24H33NO4. The summed E-state index contributed by atoms with van der Waals surface area (Å²) in [6, 6.07) is 13.9. The van der Waals surface area contributed by atoms with Crippen molar-refractivity contribution in [1.82, 2.24) is 0 Å². The number of carbonyl (C=O) groups is 1. The fourth-order valence-corrected chi connectivity index (χ4v) is 2.85. The van der Waals surface area contributed by atoms with Gasteiger partial charge in [-0.15, -0.1) is 0 Å². The first kappa shape index (κ1) is 22.9. The van der Waals surface area contributed by atoms with Gasteiger partial charge in [0.2, 0.25) is 5.91 Å². The lowest BCUT2D eigenvalue weighted by Gasteiger charge is -2.10. The summed E-state index contributed by atoms with van der Waals surface area (Å²) in [6.07, 6.45) is 2.11. The van der Waals surface area contributed by atoms with Crippen molar-refractivity contribution in [2.24, 2.45) is 0 Å². The third kappa shape index (κ3) is 9.11. The van der Waals surface area contributed by atoms with Crippen molar-refractivity contribution in [2.45, 2.75) is 46.6 Å². The van der Waals surface area contributed by atoms with Crippen molar-refractivity contribution in [3.63, 3.8) is 0 Å². The fourth-order valence-electron chi connectivity index (χ4n) is 2.85. The van der Waals surface area contributed by atoms with Crippen molar-refractivity contribution in [3.8, 4) is 5.75 Å². The lowest BCUT2D eigenvalue weighted by molar-refractivity contribution is -0.116. The Kier molecular flexibility index (Phi) is 10.2. The summed E-state index contributed by atoms with van der Waals surface area (Å²) in [7, 11) is 0. The maximum Gasteiger partial charge on any atom is 0.224 e. The van der Waals surface area contributed by atoms with E-state index in [9.17, 15) is 4.79 Å². The van der Waals surface area contributed by atoms with Crippen LogP contribution in [0.5, 0.6) is 5.75 Å². The van der Waals surface area contributed by atoms with Crippen LogP contribution in [0.4, 0.5) is 5.69 Å². The third-order valence-electron chi connectivity index (χ3n) is 4.45. The number of nitrogens with one attached hydrogen (secondary N) is 1. The Balaban J connectivity index is 1.64. The summed E-state index contributed by atoms with van der Waals surface area (Å²) in [5.41, 5.74) is 4.15. The van der Waals surface area contributed by atoms with Crippen LogP contribution in [0.15, 0.2) is 42.5 Å². The lowest BCUT2D eigenvalue weighted by Crippen LogP contribution is -2.12. The van der Waals surface area contributed by atoms with E-state index in [0.717, 1.165) is 35.4 Å². The van der Waals surface area contributed by atoms with E-state index in [4.69, 9.17) is 14.2 Å². The topological polar surface area (TPSA) is 56.8 Å². The molecule has 1 N–H and O–H groups in total. The molecule has 2 aromatic rings. The SMILES string of the molecule is CCOCCOCc1cccc(NC(=O)CCCCOc2cc(C)ccc2C)c1. The highest BCUT2D eigenvalue weighted by atomic mass is 16.5. The van der Waals surface area contributed by atoms with Crippen LogP contribution in [0.25, 0.3) is 0 Å². The Hall–Kier alpha value is -2.37. The van der Waals surface area contributed by atoms with Crippen molar-refractivity contribution in [2.75, 3.05) is 31.7 Å². The molecule has 0 bridgehead atoms. The molecule has 2 aromatic carbocycles. The number of carbonyl (C=O) groups excluding carboxylic acids is 1. The van der Waals surface area contributed by atoms with Gasteiger partial charge >= 0.3 is 0 Å². The van der Waals surface area contributed by atoms with Crippen LogP contribution < -0.4 is 10.1 Å². The number of benzene rings is 2. The second kappa shape index (κ2) is 13.0. The molecule has 0 aliphatic heterocycles. The Bertz CT molecular complexity index is 760. The van der Waals surface area contributed by atoms with Gasteiger partial charge in [0.15, 0.2) is 0 Å². The molecule has 158 valence electrons. The van der Waals surface area contributed by atoms with Gasteiger partial charge in [-0.2, -0.15) is 0 Å². The summed E-state index contributed by atoms with van der Waals surface area (Å²) in [5.74, 6) is 0.945. The van der Waals surface area contributed by atoms with Crippen LogP contribution >= 0.6 is 0 Å². The summed E-state index contributed by atoms with van der Waals surface area (Å²) < 4.78 is 16.7. The van der Waals surface area contributed by atoms with Gasteiger partial charge in [-0.25, -0.2) is 0 Å². The van der Waals surface area contributed by atoms with E-state index in [1.807, 2.05) is 38.1 Å². The number of hydrogen-bond acceptors (Lipinski definition) is 4. The van der Waals surface area contributed by atoms with Crippen molar-refractivity contribution in [1.29, 1.82) is 0 Å². The number of rotatable bonds is 13. The fraction of sp³-hybridized carbons (Fsp3) is 0.458. The van der Waals surface area contributed by atoms with Crippen LogP contribution in [0.1, 0.15) is 42.9 Å². The van der Waals surface area contributed by atoms with E-state index in [2.05, 4.69) is 30.4 Å². The van der Waals surface area contributed by atoms with E-state index in [-0.39, 0.29) is 5.91 Å². The zero-order valence-corrected chi connectivity index (χ0v) is 17.8. The van der Waals surface area contributed by atoms with E-state index < -0.39 is 0 Å². The zero-order chi connectivity index (χ0) is 20.9. The molecule has 0 aliphatic carbocycles. The Labute approximate surface area is 174 Å². The highest BCUT2D eigenvalue weighted by Crippen LogP contribution is 2.19. The normalized spacial score (nSPS) is 10.7. The minimum atomic E-state index is 0.0196. The summed E-state index contributed by atoms with van der Waals surface area (Å²) in [6.45, 7) is 9.04. The Morgan fingerprint density at radius 1 is 0.966 bits per heavy atom. The highest BCUT2D eigenvalue weighted by Gasteiger charge is 2.05. The quantitative estimate of drug-likeness (QED) is 0.479. The molecule has 5 nitrogen and oxygen atoms in total. The molecular weight excluding hydrogens is 366 g/mol. The van der Waals surface area contributed by atoms with Gasteiger partial charge in [-0.3, -0.25) is 4.79 Å². The van der Waals surface area contributed by atoms with Crippen LogP contribution in [0.3, 0.4) is 0 Å². The Morgan fingerprint density at radius 2 is 1.79 bits per heavy atom. The minimum Gasteiger partial charge on any atom is -0.493 e. The van der Waals surface area contributed by atoms with Crippen molar-refractivity contribution in [3.05, 3.63) is 59.2 Å². The van der Waals surface area contributed by atoms with E-state index in [1.54, 1.807) is 0 Å². The maximum absolute atomic E-state index is 12.2. The molecule has 0 aromatic heterocycles. The molecule has 2 rings (SSSR count). The smallest absolute Gasteiger partial charge is 0.224 e. The molecule has 29 heavy (non-hydrogen) atoms. The average Bonchev–Trinajstić information content (AvgIpc) is 2.70. The molecule has 0 aliphatic rings. The van der Waals surface area contributed by atoms with Crippen molar-refractivity contribution >= 4 is 11.6 Å². The summed E-state index contributed by atoms with van der Waals surface area (Å²) >= 11 is 0. The second-order valence-corrected chi connectivity index (χ2v) is 7.07. The number of amides is 1. The average molecular weight is 400 g/mol. The molecule has 0 atom stereocenters. The molecule has 0 saturated heterocycles. The molecule has 5 heteroatoms. The largest absolute Gasteiger partial charge is 0.493 e. The second-order valence-electron chi connectivity index (χ2n) is 7.07. The number of hydrogen-bond donors (Lipinski definition) is 1. The predicted octanol–water partition coefficient (Wildman–Crippen LogP) is 5.04. The number of anilines is 1. The Morgan fingerprint density at radius 3 is 2.62 bits per heavy atom. The standard InChI is InChI=1S/C24H33NO4/c1-4-27-14-15-28-18-21-8-7-9-22(17-21)25-24(26)10-5-6-13-29-23-16-19(2)11-12-20(23)3/h7-9,11-12,16-17H,4-6,10,13-15,18H2,1-3H3,(H,25,26). The van der Waals surface area contributed by atoms with Crippen LogP contribution in [0, 0.1) is 13.8 Å². The number of aryl methyl sites for hydroxylation is 2. The van der Waals surface area contributed by atoms with Gasteiger partial charge in [0.25, 0.3) is 0 Å². The summed E-state index contributed by atoms with van der Waals surface area (Å²) in [4.78, 5) is 12.2. The first-order chi connectivity index (χ1) is 14.1. The monoisotopic (exact) mass is 399 g/mol. The van der Waals surface area contributed by atoms with Gasteiger partial charge in [-0.05, 0) is 68.5 Å². The van der Waals surface area contributed by atoms with E-state index in [0.29, 0.717) is 39.5 Å². The molecule has 1 amide bonds. The van der Waals surface area contributed by atoms with Gasteiger partial charge in [0.1, 0.15) is 5.75 Å². The first-order valence-electron chi connectivity index (χ1n) is 10.3. The van der Waals surface area contributed by atoms with Crippen LogP contribution in [0.2, 0.25) is 0 Å². The van der Waals surface area contributed by atoms with Gasteiger partial charge in [-0.1, -0.05) is 24.3 Å². The maximum atomic E-state index is 12.2. The van der Waals surface area contributed by atoms with E-state index >= 15 is 0 Å². The molecule has 0 spiro atoms. The molecule has 0 saturated carbocycles. The molecule has 0 fully saturated rings. The zero-order valence-electron chi connectivity index (χ0n) is 17.8. The number of unbranched alkanes of at least 4 members (excludes halogenated alkanes) is 1. The lowest BCUT2D eigenvalue weighted by atomic mass is 10.1.